The lowest BCUT2D eigenvalue weighted by Gasteiger charge is -2.34. The molecule has 1 N–H and O–H groups in total. The quantitative estimate of drug-likeness (QED) is 0.281. The summed E-state index contributed by atoms with van der Waals surface area (Å²) < 4.78 is 10.8. The summed E-state index contributed by atoms with van der Waals surface area (Å²) in [5.74, 6) is 1.66. The lowest BCUT2D eigenvalue weighted by molar-refractivity contribution is -0.149. The molecule has 0 spiro atoms. The van der Waals surface area contributed by atoms with Crippen LogP contribution in [0.1, 0.15) is 38.2 Å². The van der Waals surface area contributed by atoms with Crippen LogP contribution in [0.5, 0.6) is 5.75 Å². The molecular formula is C21H32IN3O3. The van der Waals surface area contributed by atoms with E-state index < -0.39 is 0 Å². The van der Waals surface area contributed by atoms with Gasteiger partial charge in [-0.1, -0.05) is 18.2 Å². The Labute approximate surface area is 185 Å². The van der Waals surface area contributed by atoms with E-state index in [-0.39, 0.29) is 41.3 Å². The lowest BCUT2D eigenvalue weighted by atomic mass is 9.95. The highest BCUT2D eigenvalue weighted by Gasteiger charge is 2.46. The predicted molar refractivity (Wildman–Crippen MR) is 122 cm³/mol. The smallest absolute Gasteiger partial charge is 0.310 e. The molecule has 1 saturated carbocycles. The number of piperidine rings is 1. The van der Waals surface area contributed by atoms with Crippen LogP contribution < -0.4 is 10.1 Å². The molecule has 1 aromatic rings. The molecular weight excluding hydrogens is 469 g/mol. The molecule has 0 bridgehead atoms. The molecule has 6 nitrogen and oxygen atoms in total. The summed E-state index contributed by atoms with van der Waals surface area (Å²) in [6.45, 7) is 4.69. The number of aliphatic imine (C=N–C) groups is 1. The molecule has 2 fully saturated rings. The largest absolute Gasteiger partial charge is 0.496 e. The maximum atomic E-state index is 12.1. The van der Waals surface area contributed by atoms with E-state index in [2.05, 4.69) is 27.3 Å². The molecule has 1 aliphatic heterocycles. The van der Waals surface area contributed by atoms with Gasteiger partial charge in [-0.3, -0.25) is 9.79 Å². The number of esters is 1. The molecule has 1 saturated heterocycles. The van der Waals surface area contributed by atoms with Crippen molar-refractivity contribution in [3.63, 3.8) is 0 Å². The van der Waals surface area contributed by atoms with Crippen molar-refractivity contribution in [2.45, 2.75) is 38.0 Å². The minimum absolute atomic E-state index is 0. The lowest BCUT2D eigenvalue weighted by Crippen LogP contribution is -2.49. The zero-order valence-corrected chi connectivity index (χ0v) is 19.4. The second-order valence-corrected chi connectivity index (χ2v) is 7.42. The van der Waals surface area contributed by atoms with Gasteiger partial charge in [0.15, 0.2) is 5.96 Å². The second-order valence-electron chi connectivity index (χ2n) is 7.42. The monoisotopic (exact) mass is 501 g/mol. The molecule has 1 aromatic carbocycles. The summed E-state index contributed by atoms with van der Waals surface area (Å²) in [7, 11) is 3.53. The van der Waals surface area contributed by atoms with Gasteiger partial charge in [-0.2, -0.15) is 0 Å². The molecule has 0 radical (unpaired) electrons. The minimum atomic E-state index is -0.0923. The van der Waals surface area contributed by atoms with Crippen molar-refractivity contribution in [2.24, 2.45) is 10.9 Å². The van der Waals surface area contributed by atoms with Crippen molar-refractivity contribution in [1.29, 1.82) is 0 Å². The van der Waals surface area contributed by atoms with Crippen molar-refractivity contribution in [2.75, 3.05) is 40.4 Å². The molecule has 28 heavy (non-hydrogen) atoms. The maximum Gasteiger partial charge on any atom is 0.310 e. The number of ether oxygens (including phenoxy) is 2. The third kappa shape index (κ3) is 5.10. The van der Waals surface area contributed by atoms with Crippen LogP contribution in [-0.4, -0.2) is 57.2 Å². The number of nitrogens with zero attached hydrogens (tertiary/aromatic N) is 2. The van der Waals surface area contributed by atoms with Crippen LogP contribution in [0, 0.1) is 5.92 Å². The molecule has 0 amide bonds. The van der Waals surface area contributed by atoms with E-state index in [9.17, 15) is 4.79 Å². The Kier molecular flexibility index (Phi) is 8.39. The van der Waals surface area contributed by atoms with E-state index in [0.717, 1.165) is 50.5 Å². The summed E-state index contributed by atoms with van der Waals surface area (Å²) in [4.78, 5) is 18.8. The maximum absolute atomic E-state index is 12.1. The van der Waals surface area contributed by atoms with Gasteiger partial charge in [-0.05, 0) is 38.7 Å². The van der Waals surface area contributed by atoms with Gasteiger partial charge in [0, 0.05) is 37.7 Å². The van der Waals surface area contributed by atoms with Gasteiger partial charge in [-0.15, -0.1) is 24.0 Å². The standard InChI is InChI=1S/C21H31N3O3.HI/c1-4-27-19(25)16-8-7-13-24(14-16)20(22-2)23-15-21(11-12-21)17-9-5-6-10-18(17)26-3;/h5-6,9-10,16H,4,7-8,11-15H2,1-3H3,(H,22,23);1H. The number of halogens is 1. The summed E-state index contributed by atoms with van der Waals surface area (Å²) in [5.41, 5.74) is 1.37. The Hall–Kier alpha value is -1.51. The average molecular weight is 501 g/mol. The topological polar surface area (TPSA) is 63.2 Å². The number of benzene rings is 1. The molecule has 2 aliphatic rings. The molecule has 1 atom stereocenters. The summed E-state index contributed by atoms with van der Waals surface area (Å²) >= 11 is 0. The number of carbonyl (C=O) groups excluding carboxylic acids is 1. The van der Waals surface area contributed by atoms with Crippen molar-refractivity contribution in [3.8, 4) is 5.75 Å². The van der Waals surface area contributed by atoms with Gasteiger partial charge in [0.1, 0.15) is 5.75 Å². The third-order valence-electron chi connectivity index (χ3n) is 5.67. The van der Waals surface area contributed by atoms with Crippen molar-refractivity contribution < 1.29 is 14.3 Å². The van der Waals surface area contributed by atoms with Gasteiger partial charge >= 0.3 is 5.97 Å². The SMILES string of the molecule is CCOC(=O)C1CCCN(C(=NC)NCC2(c3ccccc3OC)CC2)C1.I. The van der Waals surface area contributed by atoms with Crippen LogP contribution in [0.3, 0.4) is 0 Å². The number of carbonyl (C=O) groups is 1. The summed E-state index contributed by atoms with van der Waals surface area (Å²) in [6.07, 6.45) is 4.14. The highest BCUT2D eigenvalue weighted by molar-refractivity contribution is 14.0. The molecule has 3 rings (SSSR count). The number of hydrogen-bond acceptors (Lipinski definition) is 4. The number of methoxy groups -OCH3 is 1. The van der Waals surface area contributed by atoms with E-state index in [0.29, 0.717) is 13.2 Å². The fraction of sp³-hybridized carbons (Fsp3) is 0.619. The van der Waals surface area contributed by atoms with Gasteiger partial charge in [0.25, 0.3) is 0 Å². The summed E-state index contributed by atoms with van der Waals surface area (Å²) in [5, 5.41) is 3.55. The van der Waals surface area contributed by atoms with E-state index in [1.165, 1.54) is 5.56 Å². The molecule has 0 aromatic heterocycles. The molecule has 1 aliphatic carbocycles. The number of hydrogen-bond donors (Lipinski definition) is 1. The Bertz CT molecular complexity index is 691. The van der Waals surface area contributed by atoms with E-state index in [1.54, 1.807) is 14.2 Å². The Morgan fingerprint density at radius 2 is 2.11 bits per heavy atom. The zero-order valence-electron chi connectivity index (χ0n) is 17.1. The normalized spacial score (nSPS) is 20.8. The fourth-order valence-corrected chi connectivity index (χ4v) is 3.98. The Morgan fingerprint density at radius 1 is 1.36 bits per heavy atom. The number of rotatable bonds is 6. The minimum Gasteiger partial charge on any atom is -0.496 e. The first-order chi connectivity index (χ1) is 13.1. The van der Waals surface area contributed by atoms with E-state index in [4.69, 9.17) is 9.47 Å². The number of likely N-dealkylation sites (tertiary alicyclic amines) is 1. The zero-order chi connectivity index (χ0) is 19.3. The summed E-state index contributed by atoms with van der Waals surface area (Å²) in [6, 6.07) is 8.27. The Balaban J connectivity index is 0.00000280. The van der Waals surface area contributed by atoms with Crippen LogP contribution in [0.15, 0.2) is 29.3 Å². The predicted octanol–water partition coefficient (Wildman–Crippen LogP) is 3.20. The number of para-hydroxylation sites is 1. The van der Waals surface area contributed by atoms with Crippen LogP contribution in [0.4, 0.5) is 0 Å². The molecule has 7 heteroatoms. The third-order valence-corrected chi connectivity index (χ3v) is 5.67. The Morgan fingerprint density at radius 3 is 2.75 bits per heavy atom. The first-order valence-corrected chi connectivity index (χ1v) is 9.89. The van der Waals surface area contributed by atoms with Crippen LogP contribution in [-0.2, 0) is 14.9 Å². The van der Waals surface area contributed by atoms with Crippen LogP contribution >= 0.6 is 24.0 Å². The van der Waals surface area contributed by atoms with Gasteiger partial charge in [0.05, 0.1) is 19.6 Å². The van der Waals surface area contributed by atoms with Crippen molar-refractivity contribution >= 4 is 35.9 Å². The average Bonchev–Trinajstić information content (AvgIpc) is 3.50. The second kappa shape index (κ2) is 10.3. The fourth-order valence-electron chi connectivity index (χ4n) is 3.98. The van der Waals surface area contributed by atoms with Gasteiger partial charge in [-0.25, -0.2) is 0 Å². The molecule has 156 valence electrons. The van der Waals surface area contributed by atoms with Crippen LogP contribution in [0.2, 0.25) is 0 Å². The van der Waals surface area contributed by atoms with Crippen molar-refractivity contribution in [3.05, 3.63) is 29.8 Å². The highest BCUT2D eigenvalue weighted by atomic mass is 127. The number of nitrogens with one attached hydrogen (secondary N) is 1. The van der Waals surface area contributed by atoms with E-state index >= 15 is 0 Å². The van der Waals surface area contributed by atoms with Crippen LogP contribution in [0.25, 0.3) is 0 Å². The molecule has 1 heterocycles. The van der Waals surface area contributed by atoms with Crippen molar-refractivity contribution in [1.82, 2.24) is 10.2 Å². The first kappa shape index (κ1) is 22.8. The van der Waals surface area contributed by atoms with Gasteiger partial charge < -0.3 is 19.7 Å². The first-order valence-electron chi connectivity index (χ1n) is 9.89. The number of guanidine groups is 1. The van der Waals surface area contributed by atoms with E-state index in [1.807, 2.05) is 19.1 Å². The molecule has 1 unspecified atom stereocenters. The van der Waals surface area contributed by atoms with Gasteiger partial charge in [0.2, 0.25) is 0 Å². The highest BCUT2D eigenvalue weighted by Crippen LogP contribution is 2.50.